The monoisotopic (exact) mass is 289 g/mol. The average molecular weight is 289 g/mol. The maximum Gasteiger partial charge on any atom is 0.259 e. The third-order valence-electron chi connectivity index (χ3n) is 3.82. The molecule has 1 aromatic rings. The summed E-state index contributed by atoms with van der Waals surface area (Å²) in [6, 6.07) is 7.46. The zero-order valence-electron chi connectivity index (χ0n) is 12.7. The molecule has 1 fully saturated rings. The van der Waals surface area contributed by atoms with Gasteiger partial charge in [0.05, 0.1) is 13.7 Å². The number of carbonyl (C=O) groups excluding carboxylic acids is 1. The Morgan fingerprint density at radius 1 is 1.38 bits per heavy atom. The van der Waals surface area contributed by atoms with Crippen molar-refractivity contribution in [3.05, 3.63) is 24.3 Å². The first-order valence-corrected chi connectivity index (χ1v) is 7.46. The van der Waals surface area contributed by atoms with Crippen LogP contribution in [0.5, 0.6) is 5.75 Å². The molecule has 1 aromatic carbocycles. The summed E-state index contributed by atoms with van der Waals surface area (Å²) in [5, 5.41) is 7.33. The molecular weight excluding hydrogens is 266 g/mol. The standard InChI is InChI=1S/C16H23N3O2/c1-3-12-5-4-6-15(12)18-19-16(20)11-17-13-7-9-14(21-2)10-8-13/h7-10,12,17H,3-6,11H2,1-2H3,(H,19,20). The first-order chi connectivity index (χ1) is 10.2. The van der Waals surface area contributed by atoms with Crippen molar-refractivity contribution in [2.45, 2.75) is 32.6 Å². The van der Waals surface area contributed by atoms with Gasteiger partial charge in [0.15, 0.2) is 0 Å². The van der Waals surface area contributed by atoms with Crippen LogP contribution in [0.2, 0.25) is 0 Å². The summed E-state index contributed by atoms with van der Waals surface area (Å²) in [4.78, 5) is 11.8. The van der Waals surface area contributed by atoms with Gasteiger partial charge in [-0.3, -0.25) is 4.79 Å². The fraction of sp³-hybridized carbons (Fsp3) is 0.500. The van der Waals surface area contributed by atoms with E-state index in [-0.39, 0.29) is 12.5 Å². The van der Waals surface area contributed by atoms with Crippen LogP contribution in [0.25, 0.3) is 0 Å². The van der Waals surface area contributed by atoms with Gasteiger partial charge in [-0.2, -0.15) is 5.10 Å². The van der Waals surface area contributed by atoms with Crippen molar-refractivity contribution in [3.8, 4) is 5.75 Å². The molecule has 1 aliphatic rings. The predicted octanol–water partition coefficient (Wildman–Crippen LogP) is 2.79. The molecule has 1 amide bonds. The number of hydrogen-bond acceptors (Lipinski definition) is 4. The smallest absolute Gasteiger partial charge is 0.259 e. The van der Waals surface area contributed by atoms with Gasteiger partial charge in [-0.05, 0) is 55.9 Å². The minimum Gasteiger partial charge on any atom is -0.497 e. The van der Waals surface area contributed by atoms with Crippen LogP contribution in [0.1, 0.15) is 32.6 Å². The summed E-state index contributed by atoms with van der Waals surface area (Å²) in [5.74, 6) is 1.21. The van der Waals surface area contributed by atoms with E-state index in [1.165, 1.54) is 12.8 Å². The van der Waals surface area contributed by atoms with Crippen LogP contribution < -0.4 is 15.5 Å². The fourth-order valence-electron chi connectivity index (χ4n) is 2.55. The molecule has 0 saturated heterocycles. The lowest BCUT2D eigenvalue weighted by molar-refractivity contribution is -0.119. The fourth-order valence-corrected chi connectivity index (χ4v) is 2.55. The highest BCUT2D eigenvalue weighted by molar-refractivity contribution is 5.90. The summed E-state index contributed by atoms with van der Waals surface area (Å²) >= 11 is 0. The second kappa shape index (κ2) is 7.67. The first kappa shape index (κ1) is 15.4. The van der Waals surface area contributed by atoms with E-state index in [0.717, 1.165) is 30.0 Å². The summed E-state index contributed by atoms with van der Waals surface area (Å²) < 4.78 is 5.09. The van der Waals surface area contributed by atoms with Gasteiger partial charge in [0.2, 0.25) is 0 Å². The molecule has 0 radical (unpaired) electrons. The largest absolute Gasteiger partial charge is 0.497 e. The van der Waals surface area contributed by atoms with Crippen molar-refractivity contribution in [2.24, 2.45) is 11.0 Å². The number of methoxy groups -OCH3 is 1. The normalized spacial score (nSPS) is 19.5. The van der Waals surface area contributed by atoms with Crippen LogP contribution in [0, 0.1) is 5.92 Å². The minimum atomic E-state index is -0.125. The molecule has 1 unspecified atom stereocenters. The zero-order valence-corrected chi connectivity index (χ0v) is 12.7. The van der Waals surface area contributed by atoms with Crippen LogP contribution in [-0.4, -0.2) is 25.3 Å². The van der Waals surface area contributed by atoms with E-state index in [0.29, 0.717) is 5.92 Å². The molecule has 2 rings (SSSR count). The van der Waals surface area contributed by atoms with Gasteiger partial charge in [0.1, 0.15) is 5.75 Å². The Hall–Kier alpha value is -2.04. The van der Waals surface area contributed by atoms with Crippen LogP contribution >= 0.6 is 0 Å². The number of hydrazone groups is 1. The Morgan fingerprint density at radius 3 is 2.81 bits per heavy atom. The lowest BCUT2D eigenvalue weighted by Crippen LogP contribution is -2.27. The number of nitrogens with zero attached hydrogens (tertiary/aromatic N) is 1. The number of hydrogen-bond donors (Lipinski definition) is 2. The van der Waals surface area contributed by atoms with Gasteiger partial charge in [0, 0.05) is 11.4 Å². The highest BCUT2D eigenvalue weighted by Gasteiger charge is 2.20. The molecule has 0 bridgehead atoms. The highest BCUT2D eigenvalue weighted by atomic mass is 16.5. The Morgan fingerprint density at radius 2 is 2.14 bits per heavy atom. The predicted molar refractivity (Wildman–Crippen MR) is 84.7 cm³/mol. The molecule has 2 N–H and O–H groups in total. The third kappa shape index (κ3) is 4.48. The topological polar surface area (TPSA) is 62.7 Å². The van der Waals surface area contributed by atoms with Gasteiger partial charge in [-0.1, -0.05) is 6.92 Å². The molecular formula is C16H23N3O2. The second-order valence-electron chi connectivity index (χ2n) is 5.22. The van der Waals surface area contributed by atoms with E-state index in [1.54, 1.807) is 7.11 Å². The van der Waals surface area contributed by atoms with Gasteiger partial charge >= 0.3 is 0 Å². The molecule has 21 heavy (non-hydrogen) atoms. The van der Waals surface area contributed by atoms with E-state index < -0.39 is 0 Å². The number of carbonyl (C=O) groups is 1. The summed E-state index contributed by atoms with van der Waals surface area (Å²) in [7, 11) is 1.63. The summed E-state index contributed by atoms with van der Waals surface area (Å²) in [6.07, 6.45) is 4.47. The van der Waals surface area contributed by atoms with Crippen molar-refractivity contribution in [1.29, 1.82) is 0 Å². The maximum absolute atomic E-state index is 11.8. The van der Waals surface area contributed by atoms with E-state index >= 15 is 0 Å². The van der Waals surface area contributed by atoms with Crippen molar-refractivity contribution in [3.63, 3.8) is 0 Å². The first-order valence-electron chi connectivity index (χ1n) is 7.46. The van der Waals surface area contributed by atoms with Crippen molar-refractivity contribution in [1.82, 2.24) is 5.43 Å². The number of nitrogens with one attached hydrogen (secondary N) is 2. The lowest BCUT2D eigenvalue weighted by Gasteiger charge is -2.09. The SMILES string of the molecule is CCC1CCCC1=NNC(=O)CNc1ccc(OC)cc1. The summed E-state index contributed by atoms with van der Waals surface area (Å²) in [5.41, 5.74) is 4.66. The maximum atomic E-state index is 11.8. The molecule has 1 atom stereocenters. The van der Waals surface area contributed by atoms with E-state index in [2.05, 4.69) is 22.8 Å². The minimum absolute atomic E-state index is 0.125. The third-order valence-corrected chi connectivity index (χ3v) is 3.82. The Bertz CT molecular complexity index is 497. The summed E-state index contributed by atoms with van der Waals surface area (Å²) in [6.45, 7) is 2.37. The molecule has 5 nitrogen and oxygen atoms in total. The quantitative estimate of drug-likeness (QED) is 0.792. The molecule has 0 heterocycles. The van der Waals surface area contributed by atoms with Crippen molar-refractivity contribution < 1.29 is 9.53 Å². The van der Waals surface area contributed by atoms with Crippen molar-refractivity contribution in [2.75, 3.05) is 19.0 Å². The Labute approximate surface area is 125 Å². The average Bonchev–Trinajstić information content (AvgIpc) is 2.99. The number of benzene rings is 1. The number of ether oxygens (including phenoxy) is 1. The van der Waals surface area contributed by atoms with Gasteiger partial charge in [0.25, 0.3) is 5.91 Å². The van der Waals surface area contributed by atoms with Crippen molar-refractivity contribution >= 4 is 17.3 Å². The van der Waals surface area contributed by atoms with Crippen LogP contribution in [-0.2, 0) is 4.79 Å². The second-order valence-corrected chi connectivity index (χ2v) is 5.22. The van der Waals surface area contributed by atoms with Crippen LogP contribution in [0.4, 0.5) is 5.69 Å². The number of rotatable bonds is 6. The number of anilines is 1. The van der Waals surface area contributed by atoms with E-state index in [9.17, 15) is 4.79 Å². The molecule has 5 heteroatoms. The van der Waals surface area contributed by atoms with Gasteiger partial charge < -0.3 is 10.1 Å². The van der Waals surface area contributed by atoms with Gasteiger partial charge in [-0.25, -0.2) is 5.43 Å². The number of amides is 1. The molecule has 0 spiro atoms. The van der Waals surface area contributed by atoms with Gasteiger partial charge in [-0.15, -0.1) is 0 Å². The van der Waals surface area contributed by atoms with Crippen LogP contribution in [0.15, 0.2) is 29.4 Å². The Balaban J connectivity index is 1.78. The Kier molecular flexibility index (Phi) is 5.60. The lowest BCUT2D eigenvalue weighted by atomic mass is 10.0. The zero-order chi connectivity index (χ0) is 15.1. The van der Waals surface area contributed by atoms with Crippen LogP contribution in [0.3, 0.4) is 0 Å². The van der Waals surface area contributed by atoms with E-state index in [1.807, 2.05) is 24.3 Å². The highest BCUT2D eigenvalue weighted by Crippen LogP contribution is 2.24. The molecule has 1 aliphatic carbocycles. The van der Waals surface area contributed by atoms with E-state index in [4.69, 9.17) is 4.74 Å². The molecule has 1 saturated carbocycles. The molecule has 0 aliphatic heterocycles. The molecule has 114 valence electrons. The molecule has 0 aromatic heterocycles.